The van der Waals surface area contributed by atoms with Crippen molar-refractivity contribution >= 4 is 5.97 Å². The van der Waals surface area contributed by atoms with Gasteiger partial charge in [-0.15, -0.1) is 0 Å². The van der Waals surface area contributed by atoms with Gasteiger partial charge in [0.15, 0.2) is 6.10 Å². The van der Waals surface area contributed by atoms with Gasteiger partial charge in [-0.3, -0.25) is 0 Å². The Morgan fingerprint density at radius 1 is 0.962 bits per heavy atom. The van der Waals surface area contributed by atoms with Crippen LogP contribution in [0.15, 0.2) is 60.7 Å². The first-order chi connectivity index (χ1) is 12.2. The zero-order valence-corrected chi connectivity index (χ0v) is 16.2. The summed E-state index contributed by atoms with van der Waals surface area (Å²) in [4.78, 5) is 14.6. The largest absolute Gasteiger partial charge is 1.00 e. The lowest BCUT2D eigenvalue weighted by Gasteiger charge is -2.42. The van der Waals surface area contributed by atoms with Gasteiger partial charge in [-0.25, -0.2) is 4.79 Å². The van der Waals surface area contributed by atoms with Crippen LogP contribution in [0.2, 0.25) is 0 Å². The minimum atomic E-state index is -1.77. The normalized spacial score (nSPS) is 24.6. The second-order valence-corrected chi connectivity index (χ2v) is 7.18. The Morgan fingerprint density at radius 3 is 1.88 bits per heavy atom. The number of benzene rings is 2. The quantitative estimate of drug-likeness (QED) is 0.574. The Hall–Kier alpha value is -1.69. The third-order valence-corrected chi connectivity index (χ3v) is 5.69. The third kappa shape index (κ3) is 3.43. The highest BCUT2D eigenvalue weighted by Crippen LogP contribution is 2.33. The monoisotopic (exact) mass is 417 g/mol. The molecule has 0 aromatic heterocycles. The van der Waals surface area contributed by atoms with Crippen LogP contribution in [0.3, 0.4) is 0 Å². The smallest absolute Gasteiger partial charge is 0.348 e. The van der Waals surface area contributed by atoms with Gasteiger partial charge < -0.3 is 31.7 Å². The van der Waals surface area contributed by atoms with Gasteiger partial charge in [0.2, 0.25) is 5.60 Å². The van der Waals surface area contributed by atoms with Crippen molar-refractivity contribution in [1.29, 1.82) is 0 Å². The summed E-state index contributed by atoms with van der Waals surface area (Å²) in [5.41, 5.74) is -0.691. The first-order valence-corrected chi connectivity index (χ1v) is 9.06. The van der Waals surface area contributed by atoms with Gasteiger partial charge in [-0.2, -0.15) is 0 Å². The fourth-order valence-electron chi connectivity index (χ4n) is 4.20. The highest BCUT2D eigenvalue weighted by molar-refractivity contribution is 5.85. The maximum absolute atomic E-state index is 13.1. The number of carbonyl (C=O) groups excluding carboxylic acids is 1. The van der Waals surface area contributed by atoms with Crippen LogP contribution in [0, 0.1) is 5.92 Å². The van der Waals surface area contributed by atoms with Crippen LogP contribution in [-0.4, -0.2) is 36.8 Å². The van der Waals surface area contributed by atoms with E-state index in [1.807, 2.05) is 36.4 Å². The van der Waals surface area contributed by atoms with Gasteiger partial charge in [0.25, 0.3) is 0 Å². The Bertz CT molecular complexity index is 690. The molecular formula is C21H24BrNO3. The first-order valence-electron chi connectivity index (χ1n) is 9.06. The van der Waals surface area contributed by atoms with E-state index in [1.54, 1.807) is 24.3 Å². The SMILES string of the molecule is O=C(O[C@@H]1C[NH+]2CCC1CC2)C(O)(c1ccccc1)c1ccccc1.[Br-]. The van der Waals surface area contributed by atoms with Gasteiger partial charge in [-0.05, 0) is 11.1 Å². The molecular weight excluding hydrogens is 394 g/mol. The van der Waals surface area contributed by atoms with Crippen LogP contribution in [0.1, 0.15) is 24.0 Å². The summed E-state index contributed by atoms with van der Waals surface area (Å²) in [6, 6.07) is 18.2. The Kier molecular flexibility index (Phi) is 5.80. The standard InChI is InChI=1S/C21H23NO3.BrH/c23-20(25-19-15-22-13-11-16(19)12-14-22)21(24,17-7-3-1-4-8-17)18-9-5-2-6-10-18;/h1-10,16,19,24H,11-15H2;1H/t19-;/m1./s1. The molecule has 26 heavy (non-hydrogen) atoms. The topological polar surface area (TPSA) is 51.0 Å². The van der Waals surface area contributed by atoms with Crippen LogP contribution in [-0.2, 0) is 15.1 Å². The van der Waals surface area contributed by atoms with Crippen LogP contribution >= 0.6 is 0 Å². The van der Waals surface area contributed by atoms with Crippen molar-refractivity contribution < 1.29 is 36.5 Å². The minimum absolute atomic E-state index is 0. The summed E-state index contributed by atoms with van der Waals surface area (Å²) in [6.45, 7) is 3.19. The van der Waals surface area contributed by atoms with E-state index < -0.39 is 11.6 Å². The zero-order valence-electron chi connectivity index (χ0n) is 14.6. The van der Waals surface area contributed by atoms with Gasteiger partial charge >= 0.3 is 5.97 Å². The van der Waals surface area contributed by atoms with Gasteiger partial charge in [0.1, 0.15) is 6.54 Å². The summed E-state index contributed by atoms with van der Waals surface area (Å²) < 4.78 is 5.89. The number of piperidine rings is 3. The first kappa shape index (κ1) is 19.1. The summed E-state index contributed by atoms with van der Waals surface area (Å²) in [5, 5.41) is 11.4. The molecule has 0 saturated carbocycles. The van der Waals surface area contributed by atoms with Gasteiger partial charge in [0, 0.05) is 18.8 Å². The second kappa shape index (κ2) is 7.91. The summed E-state index contributed by atoms with van der Waals surface area (Å²) in [7, 11) is 0. The summed E-state index contributed by atoms with van der Waals surface area (Å²) in [6.07, 6.45) is 2.11. The average molecular weight is 418 g/mol. The van der Waals surface area contributed by atoms with E-state index in [2.05, 4.69) is 0 Å². The number of carbonyl (C=O) groups is 1. The van der Waals surface area contributed by atoms with E-state index in [0.29, 0.717) is 17.0 Å². The second-order valence-electron chi connectivity index (χ2n) is 7.18. The summed E-state index contributed by atoms with van der Waals surface area (Å²) >= 11 is 0. The van der Waals surface area contributed by atoms with Crippen LogP contribution in [0.25, 0.3) is 0 Å². The number of esters is 1. The van der Waals surface area contributed by atoms with Gasteiger partial charge in [0.05, 0.1) is 13.1 Å². The Morgan fingerprint density at radius 2 is 1.46 bits per heavy atom. The lowest BCUT2D eigenvalue weighted by atomic mass is 9.84. The van der Waals surface area contributed by atoms with E-state index >= 15 is 0 Å². The van der Waals surface area contributed by atoms with Crippen LogP contribution in [0.5, 0.6) is 0 Å². The van der Waals surface area contributed by atoms with E-state index in [0.717, 1.165) is 19.4 Å². The van der Waals surface area contributed by atoms with E-state index in [1.165, 1.54) is 18.0 Å². The number of quaternary nitrogens is 1. The van der Waals surface area contributed by atoms with Crippen molar-refractivity contribution in [3.8, 4) is 0 Å². The molecule has 2 N–H and O–H groups in total. The Labute approximate surface area is 164 Å². The molecule has 5 rings (SSSR count). The van der Waals surface area contributed by atoms with E-state index in [-0.39, 0.29) is 23.1 Å². The van der Waals surface area contributed by atoms with E-state index in [9.17, 15) is 9.90 Å². The molecule has 138 valence electrons. The Balaban J connectivity index is 0.00000196. The number of rotatable bonds is 4. The minimum Gasteiger partial charge on any atom is -1.00 e. The molecule has 1 atom stereocenters. The number of aliphatic hydroxyl groups is 1. The predicted octanol–water partition coefficient (Wildman–Crippen LogP) is -1.85. The molecule has 3 heterocycles. The predicted molar refractivity (Wildman–Crippen MR) is 94.1 cm³/mol. The maximum Gasteiger partial charge on any atom is 0.348 e. The molecule has 0 aliphatic carbocycles. The van der Waals surface area contributed by atoms with Crippen molar-refractivity contribution in [2.45, 2.75) is 24.5 Å². The molecule has 3 aliphatic heterocycles. The van der Waals surface area contributed by atoms with Crippen molar-refractivity contribution in [3.63, 3.8) is 0 Å². The van der Waals surface area contributed by atoms with Gasteiger partial charge in [-0.1, -0.05) is 60.7 Å². The number of fused-ring (bicyclic) bond motifs is 3. The molecule has 2 aromatic carbocycles. The van der Waals surface area contributed by atoms with Crippen molar-refractivity contribution in [1.82, 2.24) is 0 Å². The number of ether oxygens (including phenoxy) is 1. The zero-order chi connectivity index (χ0) is 17.3. The third-order valence-electron chi connectivity index (χ3n) is 5.69. The molecule has 3 aliphatic rings. The van der Waals surface area contributed by atoms with Crippen molar-refractivity contribution in [3.05, 3.63) is 71.8 Å². The highest BCUT2D eigenvalue weighted by atomic mass is 79.9. The number of hydrogen-bond donors (Lipinski definition) is 2. The molecule has 2 aromatic rings. The molecule has 2 bridgehead atoms. The number of hydrogen-bond acceptors (Lipinski definition) is 3. The molecule has 0 amide bonds. The molecule has 4 nitrogen and oxygen atoms in total. The van der Waals surface area contributed by atoms with E-state index in [4.69, 9.17) is 4.74 Å². The lowest BCUT2D eigenvalue weighted by molar-refractivity contribution is -0.920. The number of nitrogens with one attached hydrogen (secondary N) is 1. The lowest BCUT2D eigenvalue weighted by Crippen LogP contribution is -3.16. The maximum atomic E-state index is 13.1. The molecule has 3 fully saturated rings. The average Bonchev–Trinajstić information content (AvgIpc) is 2.69. The molecule has 0 spiro atoms. The fourth-order valence-corrected chi connectivity index (χ4v) is 4.20. The molecule has 0 unspecified atom stereocenters. The summed E-state index contributed by atoms with van der Waals surface area (Å²) in [5.74, 6) is -0.139. The number of halogens is 1. The molecule has 5 heteroatoms. The van der Waals surface area contributed by atoms with Crippen molar-refractivity contribution in [2.24, 2.45) is 5.92 Å². The van der Waals surface area contributed by atoms with Crippen LogP contribution in [0.4, 0.5) is 0 Å². The molecule has 0 radical (unpaired) electrons. The van der Waals surface area contributed by atoms with Crippen molar-refractivity contribution in [2.75, 3.05) is 19.6 Å². The van der Waals surface area contributed by atoms with Crippen LogP contribution < -0.4 is 21.9 Å². The molecule has 3 saturated heterocycles. The highest BCUT2D eigenvalue weighted by Gasteiger charge is 2.46. The fraction of sp³-hybridized carbons (Fsp3) is 0.381.